The van der Waals surface area contributed by atoms with Crippen LogP contribution in [-0.4, -0.2) is 40.6 Å². The second-order valence-electron chi connectivity index (χ2n) is 3.47. The predicted octanol–water partition coefficient (Wildman–Crippen LogP) is 0.862. The monoisotopic (exact) mass is 273 g/mol. The Morgan fingerprint density at radius 3 is 2.78 bits per heavy atom. The molecule has 0 saturated carbocycles. The molecular formula is C10H16ClN5O2. The molecule has 7 nitrogen and oxygen atoms in total. The van der Waals surface area contributed by atoms with Gasteiger partial charge in [-0.05, 0) is 18.0 Å². The van der Waals surface area contributed by atoms with E-state index in [1.807, 2.05) is 6.92 Å². The standard InChI is InChI=1S/C10H16ClN5O2/c1-3-6-18-10-15-8(11)14-9(16-10)13-5-4-12-7(2)17/h3-6H2,1-2H3,(H,12,17)(H,13,14,15,16). The molecule has 1 rings (SSSR count). The van der Waals surface area contributed by atoms with Crippen LogP contribution in [0.3, 0.4) is 0 Å². The third-order valence-electron chi connectivity index (χ3n) is 1.80. The molecule has 8 heteroatoms. The van der Waals surface area contributed by atoms with Crippen molar-refractivity contribution in [3.8, 4) is 6.01 Å². The Morgan fingerprint density at radius 2 is 2.11 bits per heavy atom. The third-order valence-corrected chi connectivity index (χ3v) is 1.97. The summed E-state index contributed by atoms with van der Waals surface area (Å²) >= 11 is 5.74. The number of carbonyl (C=O) groups is 1. The van der Waals surface area contributed by atoms with E-state index in [0.717, 1.165) is 6.42 Å². The molecule has 0 aliphatic heterocycles. The number of nitrogens with zero attached hydrogens (tertiary/aromatic N) is 3. The molecule has 1 aromatic rings. The molecule has 1 heterocycles. The quantitative estimate of drug-likeness (QED) is 0.717. The highest BCUT2D eigenvalue weighted by atomic mass is 35.5. The van der Waals surface area contributed by atoms with Gasteiger partial charge in [-0.25, -0.2) is 0 Å². The maximum Gasteiger partial charge on any atom is 0.322 e. The fourth-order valence-corrected chi connectivity index (χ4v) is 1.23. The summed E-state index contributed by atoms with van der Waals surface area (Å²) in [6.45, 7) is 4.93. The SMILES string of the molecule is CCCOc1nc(Cl)nc(NCCNC(C)=O)n1. The number of anilines is 1. The van der Waals surface area contributed by atoms with Gasteiger partial charge < -0.3 is 15.4 Å². The van der Waals surface area contributed by atoms with Crippen LogP contribution in [0.2, 0.25) is 5.28 Å². The summed E-state index contributed by atoms with van der Waals surface area (Å²) in [6, 6.07) is 0.193. The molecule has 0 radical (unpaired) electrons. The number of ether oxygens (including phenoxy) is 1. The van der Waals surface area contributed by atoms with Crippen LogP contribution in [0.5, 0.6) is 6.01 Å². The van der Waals surface area contributed by atoms with Gasteiger partial charge in [0.2, 0.25) is 17.1 Å². The molecule has 100 valence electrons. The summed E-state index contributed by atoms with van der Waals surface area (Å²) in [7, 11) is 0. The van der Waals surface area contributed by atoms with E-state index < -0.39 is 0 Å². The maximum atomic E-state index is 10.7. The van der Waals surface area contributed by atoms with E-state index in [-0.39, 0.29) is 17.2 Å². The Labute approximate surface area is 110 Å². The summed E-state index contributed by atoms with van der Waals surface area (Å²) < 4.78 is 5.26. The van der Waals surface area contributed by atoms with Crippen LogP contribution < -0.4 is 15.4 Å². The first-order valence-electron chi connectivity index (χ1n) is 5.64. The Kier molecular flexibility index (Phi) is 6.13. The van der Waals surface area contributed by atoms with E-state index in [1.165, 1.54) is 6.92 Å². The average molecular weight is 274 g/mol. The van der Waals surface area contributed by atoms with Crippen molar-refractivity contribution in [2.75, 3.05) is 25.0 Å². The summed E-state index contributed by atoms with van der Waals surface area (Å²) in [5.41, 5.74) is 0. The maximum absolute atomic E-state index is 10.7. The molecule has 0 aromatic carbocycles. The molecule has 0 aliphatic carbocycles. The zero-order valence-electron chi connectivity index (χ0n) is 10.4. The Hall–Kier alpha value is -1.63. The zero-order chi connectivity index (χ0) is 13.4. The molecule has 0 fully saturated rings. The van der Waals surface area contributed by atoms with Crippen LogP contribution in [0.4, 0.5) is 5.95 Å². The van der Waals surface area contributed by atoms with E-state index in [0.29, 0.717) is 25.6 Å². The molecule has 18 heavy (non-hydrogen) atoms. The number of carbonyl (C=O) groups excluding carboxylic acids is 1. The minimum atomic E-state index is -0.0857. The fourth-order valence-electron chi connectivity index (χ4n) is 1.08. The summed E-state index contributed by atoms with van der Waals surface area (Å²) in [5.74, 6) is 0.240. The molecule has 1 aromatic heterocycles. The van der Waals surface area contributed by atoms with Crippen LogP contribution in [0.25, 0.3) is 0 Å². The fraction of sp³-hybridized carbons (Fsp3) is 0.600. The largest absolute Gasteiger partial charge is 0.463 e. The molecule has 0 atom stereocenters. The average Bonchev–Trinajstić information content (AvgIpc) is 2.31. The lowest BCUT2D eigenvalue weighted by molar-refractivity contribution is -0.118. The Bertz CT molecular complexity index is 402. The number of nitrogens with one attached hydrogen (secondary N) is 2. The van der Waals surface area contributed by atoms with Crippen molar-refractivity contribution in [1.82, 2.24) is 20.3 Å². The minimum Gasteiger partial charge on any atom is -0.463 e. The van der Waals surface area contributed by atoms with Gasteiger partial charge in [-0.2, -0.15) is 15.0 Å². The highest BCUT2D eigenvalue weighted by Crippen LogP contribution is 2.11. The minimum absolute atomic E-state index is 0.0677. The van der Waals surface area contributed by atoms with Crippen molar-refractivity contribution in [3.05, 3.63) is 5.28 Å². The Balaban J connectivity index is 2.48. The van der Waals surface area contributed by atoms with Crippen LogP contribution in [0, 0.1) is 0 Å². The summed E-state index contributed by atoms with van der Waals surface area (Å²) in [6.07, 6.45) is 0.856. The lowest BCUT2D eigenvalue weighted by atomic mass is 10.5. The van der Waals surface area contributed by atoms with Crippen LogP contribution in [-0.2, 0) is 4.79 Å². The van der Waals surface area contributed by atoms with Gasteiger partial charge in [-0.3, -0.25) is 4.79 Å². The highest BCUT2D eigenvalue weighted by molar-refractivity contribution is 6.28. The molecule has 0 unspecified atom stereocenters. The van der Waals surface area contributed by atoms with Crippen molar-refractivity contribution >= 4 is 23.5 Å². The first-order valence-corrected chi connectivity index (χ1v) is 6.02. The van der Waals surface area contributed by atoms with Gasteiger partial charge in [0.1, 0.15) is 0 Å². The van der Waals surface area contributed by atoms with Crippen LogP contribution >= 0.6 is 11.6 Å². The number of aromatic nitrogens is 3. The van der Waals surface area contributed by atoms with E-state index in [1.54, 1.807) is 0 Å². The van der Waals surface area contributed by atoms with E-state index in [4.69, 9.17) is 16.3 Å². The number of halogens is 1. The summed E-state index contributed by atoms with van der Waals surface area (Å²) in [4.78, 5) is 22.4. The van der Waals surface area contributed by atoms with Gasteiger partial charge >= 0.3 is 6.01 Å². The Morgan fingerprint density at radius 1 is 1.33 bits per heavy atom. The van der Waals surface area contributed by atoms with Gasteiger partial charge in [0.05, 0.1) is 6.61 Å². The smallest absolute Gasteiger partial charge is 0.322 e. The van der Waals surface area contributed by atoms with Crippen LogP contribution in [0.15, 0.2) is 0 Å². The van der Waals surface area contributed by atoms with Crippen molar-refractivity contribution < 1.29 is 9.53 Å². The number of hydrogen-bond acceptors (Lipinski definition) is 6. The van der Waals surface area contributed by atoms with E-state index >= 15 is 0 Å². The van der Waals surface area contributed by atoms with E-state index in [2.05, 4.69) is 25.6 Å². The van der Waals surface area contributed by atoms with Crippen molar-refractivity contribution in [1.29, 1.82) is 0 Å². The first kappa shape index (κ1) is 14.4. The predicted molar refractivity (Wildman–Crippen MR) is 67.8 cm³/mol. The van der Waals surface area contributed by atoms with E-state index in [9.17, 15) is 4.79 Å². The second kappa shape index (κ2) is 7.65. The molecule has 0 bridgehead atoms. The van der Waals surface area contributed by atoms with Gasteiger partial charge in [0.15, 0.2) is 0 Å². The lowest BCUT2D eigenvalue weighted by Gasteiger charge is -2.07. The van der Waals surface area contributed by atoms with Crippen molar-refractivity contribution in [2.24, 2.45) is 0 Å². The molecule has 0 saturated heterocycles. The normalized spacial score (nSPS) is 9.94. The van der Waals surface area contributed by atoms with Crippen molar-refractivity contribution in [3.63, 3.8) is 0 Å². The first-order chi connectivity index (χ1) is 8.61. The lowest BCUT2D eigenvalue weighted by Crippen LogP contribution is -2.26. The third kappa shape index (κ3) is 5.62. The molecule has 0 aliphatic rings. The topological polar surface area (TPSA) is 89.0 Å². The molecule has 2 N–H and O–H groups in total. The summed E-state index contributed by atoms with van der Waals surface area (Å²) in [5, 5.41) is 5.63. The van der Waals surface area contributed by atoms with Gasteiger partial charge in [0, 0.05) is 20.0 Å². The number of hydrogen-bond donors (Lipinski definition) is 2. The molecule has 1 amide bonds. The number of amides is 1. The van der Waals surface area contributed by atoms with Gasteiger partial charge in [0.25, 0.3) is 0 Å². The van der Waals surface area contributed by atoms with Crippen molar-refractivity contribution in [2.45, 2.75) is 20.3 Å². The molecular weight excluding hydrogens is 258 g/mol. The molecule has 0 spiro atoms. The second-order valence-corrected chi connectivity index (χ2v) is 3.81. The van der Waals surface area contributed by atoms with Gasteiger partial charge in [-0.15, -0.1) is 0 Å². The zero-order valence-corrected chi connectivity index (χ0v) is 11.1. The van der Waals surface area contributed by atoms with Gasteiger partial charge in [-0.1, -0.05) is 6.92 Å². The van der Waals surface area contributed by atoms with Crippen LogP contribution in [0.1, 0.15) is 20.3 Å². The highest BCUT2D eigenvalue weighted by Gasteiger charge is 2.05. The number of rotatable bonds is 7.